The average molecular weight is 434 g/mol. The van der Waals surface area contributed by atoms with E-state index in [4.69, 9.17) is 0 Å². The summed E-state index contributed by atoms with van der Waals surface area (Å²) in [6, 6.07) is 7.73. The van der Waals surface area contributed by atoms with Crippen molar-refractivity contribution in [3.63, 3.8) is 0 Å². The number of fused-ring (bicyclic) bond motifs is 1. The Bertz CT molecular complexity index is 1290. The van der Waals surface area contributed by atoms with Crippen LogP contribution in [-0.2, 0) is 25.7 Å². The van der Waals surface area contributed by atoms with E-state index in [1.165, 1.54) is 36.9 Å². The van der Waals surface area contributed by atoms with Crippen LogP contribution in [0.15, 0.2) is 46.0 Å². The molecule has 7 nitrogen and oxygen atoms in total. The largest absolute Gasteiger partial charge is 0.416 e. The SMILES string of the molecule is Cn1c(=O)c2ccc(C(=O)NCC(C)(C)c3cccc(C(F)(F)F)c3)nc2n(C)c1=O. The van der Waals surface area contributed by atoms with Crippen molar-refractivity contribution in [2.24, 2.45) is 14.1 Å². The zero-order valence-electron chi connectivity index (χ0n) is 17.4. The van der Waals surface area contributed by atoms with Crippen LogP contribution in [0.4, 0.5) is 13.2 Å². The van der Waals surface area contributed by atoms with Gasteiger partial charge in [-0.15, -0.1) is 0 Å². The number of nitrogens with zero attached hydrogens (tertiary/aromatic N) is 3. The Labute approximate surface area is 175 Å². The normalized spacial score (nSPS) is 12.2. The van der Waals surface area contributed by atoms with Crippen molar-refractivity contribution >= 4 is 16.9 Å². The molecule has 2 aromatic heterocycles. The van der Waals surface area contributed by atoms with E-state index in [2.05, 4.69) is 10.3 Å². The molecule has 3 rings (SSSR count). The third-order valence-corrected chi connectivity index (χ3v) is 5.20. The zero-order chi connectivity index (χ0) is 23.1. The molecule has 0 unspecified atom stereocenters. The number of benzene rings is 1. The second kappa shape index (κ2) is 7.68. The number of carbonyl (C=O) groups is 1. The van der Waals surface area contributed by atoms with E-state index in [-0.39, 0.29) is 23.3 Å². The number of halogens is 3. The molecule has 0 aliphatic carbocycles. The molecule has 1 amide bonds. The number of aromatic nitrogens is 3. The van der Waals surface area contributed by atoms with Crippen molar-refractivity contribution in [2.75, 3.05) is 6.54 Å². The first-order valence-electron chi connectivity index (χ1n) is 9.35. The molecule has 0 spiro atoms. The number of pyridine rings is 1. The fraction of sp³-hybridized carbons (Fsp3) is 0.333. The van der Waals surface area contributed by atoms with Crippen LogP contribution in [0.1, 0.15) is 35.5 Å². The summed E-state index contributed by atoms with van der Waals surface area (Å²) in [7, 11) is 2.79. The smallest absolute Gasteiger partial charge is 0.350 e. The van der Waals surface area contributed by atoms with Gasteiger partial charge in [-0.1, -0.05) is 32.0 Å². The van der Waals surface area contributed by atoms with Crippen LogP contribution in [0.2, 0.25) is 0 Å². The third kappa shape index (κ3) is 4.23. The predicted molar refractivity (Wildman–Crippen MR) is 109 cm³/mol. The van der Waals surface area contributed by atoms with Gasteiger partial charge in [0.2, 0.25) is 0 Å². The number of hydrogen-bond donors (Lipinski definition) is 1. The lowest BCUT2D eigenvalue weighted by atomic mass is 9.83. The highest BCUT2D eigenvalue weighted by Crippen LogP contribution is 2.32. The maximum absolute atomic E-state index is 13.0. The van der Waals surface area contributed by atoms with E-state index in [0.717, 1.165) is 16.7 Å². The van der Waals surface area contributed by atoms with Crippen LogP contribution in [0.5, 0.6) is 0 Å². The van der Waals surface area contributed by atoms with Gasteiger partial charge in [0.15, 0.2) is 0 Å². The minimum Gasteiger partial charge on any atom is -0.350 e. The summed E-state index contributed by atoms with van der Waals surface area (Å²) in [4.78, 5) is 41.1. The van der Waals surface area contributed by atoms with Gasteiger partial charge < -0.3 is 5.32 Å². The summed E-state index contributed by atoms with van der Waals surface area (Å²) >= 11 is 0. The molecule has 3 aromatic rings. The summed E-state index contributed by atoms with van der Waals surface area (Å²) in [5.41, 5.74) is -2.19. The molecular weight excluding hydrogens is 413 g/mol. The number of alkyl halides is 3. The standard InChI is InChI=1S/C21H21F3N4O3/c1-20(2,12-6-5-7-13(10-12)21(22,23)24)11-25-17(29)15-9-8-14-16(26-15)27(3)19(31)28(4)18(14)30/h5-10H,11H2,1-4H3,(H,25,29). The van der Waals surface area contributed by atoms with Crippen LogP contribution in [-0.4, -0.2) is 26.6 Å². The molecule has 2 heterocycles. The highest BCUT2D eigenvalue weighted by Gasteiger charge is 2.32. The molecule has 0 saturated heterocycles. The van der Waals surface area contributed by atoms with Crippen LogP contribution in [0, 0.1) is 0 Å². The lowest BCUT2D eigenvalue weighted by Crippen LogP contribution is -2.38. The number of nitrogens with one attached hydrogen (secondary N) is 1. The van der Waals surface area contributed by atoms with Crippen molar-refractivity contribution in [3.8, 4) is 0 Å². The lowest BCUT2D eigenvalue weighted by Gasteiger charge is -2.26. The predicted octanol–water partition coefficient (Wildman–Crippen LogP) is 2.36. The molecular formula is C21H21F3N4O3. The monoisotopic (exact) mass is 434 g/mol. The van der Waals surface area contributed by atoms with E-state index < -0.39 is 34.3 Å². The van der Waals surface area contributed by atoms with E-state index in [1.807, 2.05) is 0 Å². The lowest BCUT2D eigenvalue weighted by molar-refractivity contribution is -0.137. The van der Waals surface area contributed by atoms with Gasteiger partial charge in [-0.25, -0.2) is 9.78 Å². The first-order chi connectivity index (χ1) is 14.3. The van der Waals surface area contributed by atoms with Crippen molar-refractivity contribution in [1.29, 1.82) is 0 Å². The van der Waals surface area contributed by atoms with E-state index in [9.17, 15) is 27.6 Å². The van der Waals surface area contributed by atoms with Crippen LogP contribution < -0.4 is 16.6 Å². The molecule has 1 N–H and O–H groups in total. The average Bonchev–Trinajstić information content (AvgIpc) is 2.73. The molecule has 0 radical (unpaired) electrons. The van der Waals surface area contributed by atoms with Gasteiger partial charge >= 0.3 is 11.9 Å². The summed E-state index contributed by atoms with van der Waals surface area (Å²) in [6.07, 6.45) is -4.46. The number of rotatable bonds is 4. The second-order valence-corrected chi connectivity index (χ2v) is 7.92. The summed E-state index contributed by atoms with van der Waals surface area (Å²) in [5, 5.41) is 2.85. The first-order valence-corrected chi connectivity index (χ1v) is 9.35. The van der Waals surface area contributed by atoms with Gasteiger partial charge in [0.25, 0.3) is 11.5 Å². The van der Waals surface area contributed by atoms with Crippen molar-refractivity contribution in [3.05, 3.63) is 74.1 Å². The maximum Gasteiger partial charge on any atom is 0.416 e. The maximum atomic E-state index is 13.0. The summed E-state index contributed by atoms with van der Waals surface area (Å²) < 4.78 is 41.1. The van der Waals surface area contributed by atoms with Crippen LogP contribution in [0.3, 0.4) is 0 Å². The Morgan fingerprint density at radius 2 is 1.68 bits per heavy atom. The third-order valence-electron chi connectivity index (χ3n) is 5.20. The molecule has 0 fully saturated rings. The fourth-order valence-corrected chi connectivity index (χ4v) is 3.19. The Kier molecular flexibility index (Phi) is 5.51. The van der Waals surface area contributed by atoms with Gasteiger partial charge in [-0.05, 0) is 23.8 Å². The number of hydrogen-bond acceptors (Lipinski definition) is 4. The van der Waals surface area contributed by atoms with Gasteiger partial charge in [-0.2, -0.15) is 13.2 Å². The van der Waals surface area contributed by atoms with Gasteiger partial charge in [0.05, 0.1) is 10.9 Å². The van der Waals surface area contributed by atoms with E-state index >= 15 is 0 Å². The molecule has 0 bridgehead atoms. The number of aryl methyl sites for hydroxylation is 1. The van der Waals surface area contributed by atoms with E-state index in [1.54, 1.807) is 19.9 Å². The highest BCUT2D eigenvalue weighted by atomic mass is 19.4. The molecule has 164 valence electrons. The Balaban J connectivity index is 1.86. The number of carbonyl (C=O) groups excluding carboxylic acids is 1. The molecule has 0 aliphatic heterocycles. The Morgan fingerprint density at radius 3 is 2.32 bits per heavy atom. The quantitative estimate of drug-likeness (QED) is 0.683. The Hall–Kier alpha value is -3.43. The second-order valence-electron chi connectivity index (χ2n) is 7.92. The van der Waals surface area contributed by atoms with E-state index in [0.29, 0.717) is 5.56 Å². The van der Waals surface area contributed by atoms with Crippen molar-refractivity contribution in [2.45, 2.75) is 25.4 Å². The van der Waals surface area contributed by atoms with Gasteiger partial charge in [-0.3, -0.25) is 18.7 Å². The molecule has 10 heteroatoms. The van der Waals surface area contributed by atoms with Gasteiger partial charge in [0.1, 0.15) is 11.3 Å². The molecule has 1 aromatic carbocycles. The molecule has 0 saturated carbocycles. The number of amides is 1. The topological polar surface area (TPSA) is 86.0 Å². The molecule has 0 atom stereocenters. The van der Waals surface area contributed by atoms with Crippen LogP contribution >= 0.6 is 0 Å². The zero-order valence-corrected chi connectivity index (χ0v) is 17.4. The molecule has 0 aliphatic rings. The highest BCUT2D eigenvalue weighted by molar-refractivity contribution is 5.94. The van der Waals surface area contributed by atoms with Crippen LogP contribution in [0.25, 0.3) is 11.0 Å². The minimum atomic E-state index is -4.46. The Morgan fingerprint density at radius 1 is 1.03 bits per heavy atom. The van der Waals surface area contributed by atoms with Crippen molar-refractivity contribution in [1.82, 2.24) is 19.4 Å². The van der Waals surface area contributed by atoms with Crippen molar-refractivity contribution < 1.29 is 18.0 Å². The summed E-state index contributed by atoms with van der Waals surface area (Å²) in [5.74, 6) is -0.574. The first kappa shape index (κ1) is 22.3. The fourth-order valence-electron chi connectivity index (χ4n) is 3.19. The summed E-state index contributed by atoms with van der Waals surface area (Å²) in [6.45, 7) is 3.47. The minimum absolute atomic E-state index is 0.0180. The molecule has 31 heavy (non-hydrogen) atoms. The van der Waals surface area contributed by atoms with Gasteiger partial charge in [0, 0.05) is 26.1 Å².